The number of thiol groups is 1. The summed E-state index contributed by atoms with van der Waals surface area (Å²) in [5.74, 6) is 0.861. The van der Waals surface area contributed by atoms with Gasteiger partial charge in [-0.25, -0.2) is 0 Å². The van der Waals surface area contributed by atoms with Crippen LogP contribution in [0.5, 0.6) is 0 Å². The molecular weight excluding hydrogens is 202 g/mol. The maximum atomic E-state index is 4.39. The average Bonchev–Trinajstić information content (AvgIpc) is 2.21. The monoisotopic (exact) mass is 223 g/mol. The van der Waals surface area contributed by atoms with Crippen LogP contribution >= 0.6 is 12.6 Å². The van der Waals surface area contributed by atoms with Gasteiger partial charge in [0, 0.05) is 11.8 Å². The zero-order chi connectivity index (χ0) is 11.3. The molecule has 0 radical (unpaired) electrons. The molecule has 1 aromatic rings. The zero-order valence-corrected chi connectivity index (χ0v) is 10.8. The number of rotatable bonds is 5. The Kier molecular flexibility index (Phi) is 5.20. The van der Waals surface area contributed by atoms with E-state index in [-0.39, 0.29) is 0 Å². The number of aryl methyl sites for hydroxylation is 1. The van der Waals surface area contributed by atoms with Gasteiger partial charge in [0.1, 0.15) is 0 Å². The molecule has 2 heteroatoms. The lowest BCUT2D eigenvalue weighted by atomic mass is 10.0. The fraction of sp³-hybridized carbons (Fsp3) is 0.538. The first kappa shape index (κ1) is 12.6. The summed E-state index contributed by atoms with van der Waals surface area (Å²) < 4.78 is 0. The van der Waals surface area contributed by atoms with Gasteiger partial charge in [-0.15, -0.1) is 0 Å². The molecule has 0 aliphatic carbocycles. The predicted molar refractivity (Wildman–Crippen MR) is 70.7 cm³/mol. The molecule has 1 nitrogen and oxygen atoms in total. The van der Waals surface area contributed by atoms with Crippen LogP contribution in [-0.4, -0.2) is 24.7 Å². The van der Waals surface area contributed by atoms with E-state index in [4.69, 9.17) is 0 Å². The van der Waals surface area contributed by atoms with E-state index in [2.05, 4.69) is 62.8 Å². The standard InChI is InChI=1S/C13H21NS/c1-4-5-11-6-8-12(9-7-11)13(10-15)14(2)3/h6-9,13,15H,4-5,10H2,1-3H3. The Balaban J connectivity index is 2.77. The van der Waals surface area contributed by atoms with Gasteiger partial charge in [0.2, 0.25) is 0 Å². The minimum absolute atomic E-state index is 0.420. The van der Waals surface area contributed by atoms with Crippen LogP contribution in [0, 0.1) is 0 Å². The molecule has 0 bridgehead atoms. The van der Waals surface area contributed by atoms with Gasteiger partial charge in [0.25, 0.3) is 0 Å². The Morgan fingerprint density at radius 2 is 1.80 bits per heavy atom. The summed E-state index contributed by atoms with van der Waals surface area (Å²) in [4.78, 5) is 2.21. The van der Waals surface area contributed by atoms with Crippen LogP contribution in [0.4, 0.5) is 0 Å². The van der Waals surface area contributed by atoms with Crippen LogP contribution in [0.2, 0.25) is 0 Å². The van der Waals surface area contributed by atoms with Crippen molar-refractivity contribution in [2.24, 2.45) is 0 Å². The lowest BCUT2D eigenvalue weighted by Crippen LogP contribution is -2.21. The molecule has 1 atom stereocenters. The number of benzene rings is 1. The van der Waals surface area contributed by atoms with Gasteiger partial charge in [-0.2, -0.15) is 12.6 Å². The van der Waals surface area contributed by atoms with Crippen molar-refractivity contribution in [3.63, 3.8) is 0 Å². The van der Waals surface area contributed by atoms with Crippen molar-refractivity contribution >= 4 is 12.6 Å². The van der Waals surface area contributed by atoms with E-state index in [0.29, 0.717) is 6.04 Å². The molecule has 0 fully saturated rings. The second-order valence-corrected chi connectivity index (χ2v) is 4.52. The van der Waals surface area contributed by atoms with Crippen LogP contribution in [0.3, 0.4) is 0 Å². The third kappa shape index (κ3) is 3.54. The summed E-state index contributed by atoms with van der Waals surface area (Å²) in [7, 11) is 4.20. The van der Waals surface area contributed by atoms with Gasteiger partial charge < -0.3 is 4.90 Å². The van der Waals surface area contributed by atoms with Gasteiger partial charge in [-0.3, -0.25) is 0 Å². The molecule has 1 rings (SSSR count). The highest BCUT2D eigenvalue weighted by Gasteiger charge is 2.11. The maximum Gasteiger partial charge on any atom is 0.0429 e. The van der Waals surface area contributed by atoms with Crippen molar-refractivity contribution in [3.05, 3.63) is 35.4 Å². The van der Waals surface area contributed by atoms with Crippen molar-refractivity contribution in [1.82, 2.24) is 4.90 Å². The van der Waals surface area contributed by atoms with Crippen molar-refractivity contribution in [2.75, 3.05) is 19.8 Å². The van der Waals surface area contributed by atoms with E-state index in [1.807, 2.05) is 0 Å². The summed E-state index contributed by atoms with van der Waals surface area (Å²) in [6.07, 6.45) is 2.39. The molecule has 0 saturated heterocycles. The summed E-state index contributed by atoms with van der Waals surface area (Å²) in [5, 5.41) is 0. The molecule has 1 unspecified atom stereocenters. The molecule has 15 heavy (non-hydrogen) atoms. The van der Waals surface area contributed by atoms with Crippen molar-refractivity contribution in [1.29, 1.82) is 0 Å². The molecule has 1 aromatic carbocycles. The minimum atomic E-state index is 0.420. The maximum absolute atomic E-state index is 4.39. The average molecular weight is 223 g/mol. The number of nitrogens with zero attached hydrogens (tertiary/aromatic N) is 1. The molecule has 0 N–H and O–H groups in total. The van der Waals surface area contributed by atoms with E-state index < -0.39 is 0 Å². The summed E-state index contributed by atoms with van der Waals surface area (Å²) in [6, 6.07) is 9.35. The fourth-order valence-electron chi connectivity index (χ4n) is 1.76. The molecule has 84 valence electrons. The Bertz CT molecular complexity index is 279. The second-order valence-electron chi connectivity index (χ2n) is 4.15. The summed E-state index contributed by atoms with van der Waals surface area (Å²) in [5.41, 5.74) is 2.78. The summed E-state index contributed by atoms with van der Waals surface area (Å²) >= 11 is 4.39. The van der Waals surface area contributed by atoms with Crippen LogP contribution in [0.1, 0.15) is 30.5 Å². The van der Waals surface area contributed by atoms with E-state index in [1.165, 1.54) is 24.0 Å². The van der Waals surface area contributed by atoms with E-state index in [9.17, 15) is 0 Å². The molecule has 0 spiro atoms. The lowest BCUT2D eigenvalue weighted by Gasteiger charge is -2.22. The van der Waals surface area contributed by atoms with Crippen molar-refractivity contribution < 1.29 is 0 Å². The highest BCUT2D eigenvalue weighted by molar-refractivity contribution is 7.80. The van der Waals surface area contributed by atoms with Gasteiger partial charge >= 0.3 is 0 Å². The van der Waals surface area contributed by atoms with Gasteiger partial charge in [0.15, 0.2) is 0 Å². The first-order valence-corrected chi connectivity index (χ1v) is 6.18. The molecule has 0 amide bonds. The Morgan fingerprint density at radius 1 is 1.20 bits per heavy atom. The number of hydrogen-bond donors (Lipinski definition) is 1. The summed E-state index contributed by atoms with van der Waals surface area (Å²) in [6.45, 7) is 2.21. The van der Waals surface area contributed by atoms with Crippen LogP contribution in [0.15, 0.2) is 24.3 Å². The molecule has 0 heterocycles. The van der Waals surface area contributed by atoms with Gasteiger partial charge in [-0.05, 0) is 31.6 Å². The predicted octanol–water partition coefficient (Wildman–Crippen LogP) is 3.17. The van der Waals surface area contributed by atoms with E-state index >= 15 is 0 Å². The molecule has 0 aliphatic rings. The second kappa shape index (κ2) is 6.19. The minimum Gasteiger partial charge on any atom is -0.302 e. The first-order chi connectivity index (χ1) is 7.19. The SMILES string of the molecule is CCCc1ccc(C(CS)N(C)C)cc1. The third-order valence-electron chi connectivity index (χ3n) is 2.70. The molecular formula is C13H21NS. The molecule has 0 saturated carbocycles. The Labute approximate surface area is 98.9 Å². The van der Waals surface area contributed by atoms with Crippen molar-refractivity contribution in [2.45, 2.75) is 25.8 Å². The third-order valence-corrected chi connectivity index (χ3v) is 3.05. The van der Waals surface area contributed by atoms with Crippen LogP contribution in [-0.2, 0) is 6.42 Å². The fourth-order valence-corrected chi connectivity index (χ4v) is 2.30. The van der Waals surface area contributed by atoms with Gasteiger partial charge in [-0.1, -0.05) is 37.6 Å². The topological polar surface area (TPSA) is 3.24 Å². The van der Waals surface area contributed by atoms with Crippen LogP contribution in [0.25, 0.3) is 0 Å². The Hall–Kier alpha value is -0.470. The largest absolute Gasteiger partial charge is 0.302 e. The number of hydrogen-bond acceptors (Lipinski definition) is 2. The van der Waals surface area contributed by atoms with Crippen LogP contribution < -0.4 is 0 Å². The smallest absolute Gasteiger partial charge is 0.0429 e. The lowest BCUT2D eigenvalue weighted by molar-refractivity contribution is 0.326. The highest BCUT2D eigenvalue weighted by Crippen LogP contribution is 2.20. The van der Waals surface area contributed by atoms with E-state index in [0.717, 1.165) is 5.75 Å². The zero-order valence-electron chi connectivity index (χ0n) is 9.90. The molecule has 0 aromatic heterocycles. The molecule has 0 aliphatic heterocycles. The highest BCUT2D eigenvalue weighted by atomic mass is 32.1. The van der Waals surface area contributed by atoms with Crippen molar-refractivity contribution in [3.8, 4) is 0 Å². The van der Waals surface area contributed by atoms with Gasteiger partial charge in [0.05, 0.1) is 0 Å². The normalized spacial score (nSPS) is 13.1. The first-order valence-electron chi connectivity index (χ1n) is 5.55. The Morgan fingerprint density at radius 3 is 2.20 bits per heavy atom. The van der Waals surface area contributed by atoms with E-state index in [1.54, 1.807) is 0 Å². The quantitative estimate of drug-likeness (QED) is 0.750.